The van der Waals surface area contributed by atoms with Gasteiger partial charge < -0.3 is 9.64 Å². The number of ether oxygens (including phenoxy) is 1. The van der Waals surface area contributed by atoms with Gasteiger partial charge in [0.15, 0.2) is 0 Å². The van der Waals surface area contributed by atoms with Crippen molar-refractivity contribution in [1.29, 1.82) is 0 Å². The van der Waals surface area contributed by atoms with E-state index >= 15 is 0 Å². The lowest BCUT2D eigenvalue weighted by Gasteiger charge is -2.25. The summed E-state index contributed by atoms with van der Waals surface area (Å²) in [6.07, 6.45) is 3.10. The molecule has 0 bridgehead atoms. The first-order chi connectivity index (χ1) is 8.72. The highest BCUT2D eigenvalue weighted by Gasteiger charge is 2.24. The van der Waals surface area contributed by atoms with Gasteiger partial charge in [-0.2, -0.15) is 0 Å². The Morgan fingerprint density at radius 3 is 2.56 bits per heavy atom. The van der Waals surface area contributed by atoms with E-state index in [9.17, 15) is 9.59 Å². The first-order valence-electron chi connectivity index (χ1n) is 6.20. The molecule has 1 aromatic rings. The SMILES string of the molecule is COc1cccc(C(=O)C(=O)N2CCCCC2)c1. The number of Topliss-reactive ketones (excluding diaryl/α,β-unsaturated/α-hetero) is 1. The van der Waals surface area contributed by atoms with Crippen molar-refractivity contribution in [1.82, 2.24) is 4.90 Å². The second-order valence-electron chi connectivity index (χ2n) is 4.41. The molecule has 1 fully saturated rings. The molecule has 0 radical (unpaired) electrons. The maximum atomic E-state index is 12.1. The van der Waals surface area contributed by atoms with Crippen molar-refractivity contribution in [3.63, 3.8) is 0 Å². The van der Waals surface area contributed by atoms with Crippen molar-refractivity contribution in [2.24, 2.45) is 0 Å². The number of methoxy groups -OCH3 is 1. The summed E-state index contributed by atoms with van der Waals surface area (Å²) in [5, 5.41) is 0. The van der Waals surface area contributed by atoms with Gasteiger partial charge in [0.2, 0.25) is 0 Å². The van der Waals surface area contributed by atoms with Gasteiger partial charge in [0.25, 0.3) is 11.7 Å². The molecule has 1 aromatic carbocycles. The second-order valence-corrected chi connectivity index (χ2v) is 4.41. The first-order valence-corrected chi connectivity index (χ1v) is 6.20. The average Bonchev–Trinajstić information content (AvgIpc) is 2.46. The third-order valence-electron chi connectivity index (χ3n) is 3.17. The quantitative estimate of drug-likeness (QED) is 0.605. The summed E-state index contributed by atoms with van der Waals surface area (Å²) in [4.78, 5) is 25.7. The van der Waals surface area contributed by atoms with Crippen LogP contribution in [0.25, 0.3) is 0 Å². The van der Waals surface area contributed by atoms with E-state index in [1.165, 1.54) is 7.11 Å². The Kier molecular flexibility index (Phi) is 3.97. The molecule has 0 unspecified atom stereocenters. The summed E-state index contributed by atoms with van der Waals surface area (Å²) in [5.41, 5.74) is 0.393. The van der Waals surface area contributed by atoms with Gasteiger partial charge in [-0.3, -0.25) is 9.59 Å². The third kappa shape index (κ3) is 2.70. The van der Waals surface area contributed by atoms with Crippen molar-refractivity contribution in [2.75, 3.05) is 20.2 Å². The van der Waals surface area contributed by atoms with Gasteiger partial charge in [-0.25, -0.2) is 0 Å². The van der Waals surface area contributed by atoms with E-state index in [2.05, 4.69) is 0 Å². The van der Waals surface area contributed by atoms with Gasteiger partial charge in [0.05, 0.1) is 7.11 Å². The van der Waals surface area contributed by atoms with Crippen LogP contribution < -0.4 is 4.74 Å². The third-order valence-corrected chi connectivity index (χ3v) is 3.17. The van der Waals surface area contributed by atoms with Crippen LogP contribution in [-0.2, 0) is 4.79 Å². The molecule has 0 N–H and O–H groups in total. The van der Waals surface area contributed by atoms with E-state index in [1.807, 2.05) is 0 Å². The number of hydrogen-bond donors (Lipinski definition) is 0. The highest BCUT2D eigenvalue weighted by Crippen LogP contribution is 2.15. The Balaban J connectivity index is 2.11. The molecule has 0 spiro atoms. The van der Waals surface area contributed by atoms with Crippen molar-refractivity contribution in [3.05, 3.63) is 29.8 Å². The Bertz CT molecular complexity index is 450. The van der Waals surface area contributed by atoms with Crippen LogP contribution in [0.3, 0.4) is 0 Å². The topological polar surface area (TPSA) is 46.6 Å². The van der Waals surface area contributed by atoms with E-state index in [-0.39, 0.29) is 0 Å². The van der Waals surface area contributed by atoms with Gasteiger partial charge in [0, 0.05) is 18.7 Å². The molecule has 1 aliphatic heterocycles. The highest BCUT2D eigenvalue weighted by molar-refractivity contribution is 6.42. The first kappa shape index (κ1) is 12.6. The molecule has 1 heterocycles. The van der Waals surface area contributed by atoms with Crippen LogP contribution >= 0.6 is 0 Å². The molecule has 1 aliphatic rings. The van der Waals surface area contributed by atoms with E-state index in [4.69, 9.17) is 4.74 Å². The predicted octanol–water partition coefficient (Wildman–Crippen LogP) is 1.89. The fourth-order valence-electron chi connectivity index (χ4n) is 2.13. The van der Waals surface area contributed by atoms with Gasteiger partial charge in [-0.15, -0.1) is 0 Å². The van der Waals surface area contributed by atoms with Gasteiger partial charge in [-0.05, 0) is 31.4 Å². The minimum Gasteiger partial charge on any atom is -0.497 e. The largest absolute Gasteiger partial charge is 0.497 e. The molecule has 0 aromatic heterocycles. The molecular weight excluding hydrogens is 230 g/mol. The zero-order chi connectivity index (χ0) is 13.0. The number of carbonyl (C=O) groups excluding carboxylic acids is 2. The number of amides is 1. The van der Waals surface area contributed by atoms with Crippen LogP contribution in [0, 0.1) is 0 Å². The number of nitrogens with zero attached hydrogens (tertiary/aromatic N) is 1. The Morgan fingerprint density at radius 2 is 1.89 bits per heavy atom. The molecular formula is C14H17NO3. The predicted molar refractivity (Wildman–Crippen MR) is 67.8 cm³/mol. The number of ketones is 1. The number of hydrogen-bond acceptors (Lipinski definition) is 3. The minimum absolute atomic E-state index is 0.393. The van der Waals surface area contributed by atoms with E-state index in [1.54, 1.807) is 29.2 Å². The van der Waals surface area contributed by atoms with Crippen molar-refractivity contribution >= 4 is 11.7 Å². The summed E-state index contributed by atoms with van der Waals surface area (Å²) >= 11 is 0. The summed E-state index contributed by atoms with van der Waals surface area (Å²) in [6, 6.07) is 6.72. The normalized spacial score (nSPS) is 15.3. The molecule has 1 saturated heterocycles. The monoisotopic (exact) mass is 247 g/mol. The number of benzene rings is 1. The molecule has 4 heteroatoms. The lowest BCUT2D eigenvalue weighted by atomic mass is 10.1. The fourth-order valence-corrected chi connectivity index (χ4v) is 2.13. The lowest BCUT2D eigenvalue weighted by molar-refractivity contribution is -0.127. The zero-order valence-corrected chi connectivity index (χ0v) is 10.5. The van der Waals surface area contributed by atoms with Crippen LogP contribution in [0.5, 0.6) is 5.75 Å². The molecule has 0 atom stereocenters. The number of rotatable bonds is 3. The Hall–Kier alpha value is -1.84. The fraction of sp³-hybridized carbons (Fsp3) is 0.429. The van der Waals surface area contributed by atoms with Gasteiger partial charge in [-0.1, -0.05) is 12.1 Å². The Labute approximate surface area is 107 Å². The molecule has 4 nitrogen and oxygen atoms in total. The maximum absolute atomic E-state index is 12.1. The van der Waals surface area contributed by atoms with Crippen molar-refractivity contribution < 1.29 is 14.3 Å². The standard InChI is InChI=1S/C14H17NO3/c1-18-12-7-5-6-11(10-12)13(16)14(17)15-8-3-2-4-9-15/h5-7,10H,2-4,8-9H2,1H3. The molecule has 96 valence electrons. The van der Waals surface area contributed by atoms with Crippen LogP contribution in [0.15, 0.2) is 24.3 Å². The number of likely N-dealkylation sites (tertiary alicyclic amines) is 1. The van der Waals surface area contributed by atoms with Crippen molar-refractivity contribution in [2.45, 2.75) is 19.3 Å². The molecule has 0 aliphatic carbocycles. The molecule has 18 heavy (non-hydrogen) atoms. The number of piperidine rings is 1. The Morgan fingerprint density at radius 1 is 1.17 bits per heavy atom. The molecule has 0 saturated carbocycles. The highest BCUT2D eigenvalue weighted by atomic mass is 16.5. The summed E-state index contributed by atoms with van der Waals surface area (Å²) in [5.74, 6) is -0.258. The summed E-state index contributed by atoms with van der Waals surface area (Å²) < 4.78 is 5.05. The zero-order valence-electron chi connectivity index (χ0n) is 10.5. The smallest absolute Gasteiger partial charge is 0.294 e. The van der Waals surface area contributed by atoms with Gasteiger partial charge in [0.1, 0.15) is 5.75 Å². The van der Waals surface area contributed by atoms with Crippen LogP contribution in [0.2, 0.25) is 0 Å². The average molecular weight is 247 g/mol. The lowest BCUT2D eigenvalue weighted by Crippen LogP contribution is -2.40. The second kappa shape index (κ2) is 5.67. The summed E-state index contributed by atoms with van der Waals surface area (Å²) in [7, 11) is 1.54. The van der Waals surface area contributed by atoms with Crippen LogP contribution in [0.1, 0.15) is 29.6 Å². The maximum Gasteiger partial charge on any atom is 0.294 e. The molecule has 2 rings (SSSR count). The number of carbonyl (C=O) groups is 2. The van der Waals surface area contributed by atoms with Crippen molar-refractivity contribution in [3.8, 4) is 5.75 Å². The van der Waals surface area contributed by atoms with E-state index < -0.39 is 11.7 Å². The van der Waals surface area contributed by atoms with Crippen LogP contribution in [0.4, 0.5) is 0 Å². The van der Waals surface area contributed by atoms with Crippen LogP contribution in [-0.4, -0.2) is 36.8 Å². The van der Waals surface area contributed by atoms with Gasteiger partial charge >= 0.3 is 0 Å². The van der Waals surface area contributed by atoms with E-state index in [0.29, 0.717) is 24.4 Å². The molecule has 1 amide bonds. The summed E-state index contributed by atoms with van der Waals surface area (Å²) in [6.45, 7) is 1.38. The van der Waals surface area contributed by atoms with E-state index in [0.717, 1.165) is 19.3 Å². The minimum atomic E-state index is -0.448.